The van der Waals surface area contributed by atoms with E-state index >= 15 is 0 Å². The lowest BCUT2D eigenvalue weighted by molar-refractivity contribution is -0.121. The lowest BCUT2D eigenvalue weighted by atomic mass is 9.69. The summed E-state index contributed by atoms with van der Waals surface area (Å²) < 4.78 is 0. The number of rotatable bonds is 2. The van der Waals surface area contributed by atoms with Crippen LogP contribution in [0.4, 0.5) is 5.69 Å². The molecule has 4 rings (SSSR count). The van der Waals surface area contributed by atoms with Crippen LogP contribution < -0.4 is 15.8 Å². The maximum atomic E-state index is 12.8. The molecule has 4 heteroatoms. The Labute approximate surface area is 132 Å². The van der Waals surface area contributed by atoms with Gasteiger partial charge in [0.2, 0.25) is 5.91 Å². The molecule has 118 valence electrons. The lowest BCUT2D eigenvalue weighted by Gasteiger charge is -2.44. The minimum Gasteiger partial charge on any atom is -0.313 e. The van der Waals surface area contributed by atoms with E-state index in [0.717, 1.165) is 18.2 Å². The van der Waals surface area contributed by atoms with Gasteiger partial charge >= 0.3 is 0 Å². The number of amides is 1. The summed E-state index contributed by atoms with van der Waals surface area (Å²) in [6, 6.07) is 10.9. The zero-order valence-corrected chi connectivity index (χ0v) is 13.2. The van der Waals surface area contributed by atoms with Gasteiger partial charge in [-0.15, -0.1) is 0 Å². The fraction of sp³-hybridized carbons (Fsp3) is 0.611. The number of anilines is 1. The third kappa shape index (κ3) is 2.25. The second-order valence-electron chi connectivity index (χ2n) is 7.04. The number of benzene rings is 1. The first kappa shape index (κ1) is 14.2. The van der Waals surface area contributed by atoms with Gasteiger partial charge in [0.15, 0.2) is 0 Å². The molecule has 1 aromatic rings. The van der Waals surface area contributed by atoms with Gasteiger partial charge < -0.3 is 5.32 Å². The predicted octanol–water partition coefficient (Wildman–Crippen LogP) is 2.32. The van der Waals surface area contributed by atoms with Crippen molar-refractivity contribution in [3.8, 4) is 0 Å². The van der Waals surface area contributed by atoms with E-state index in [1.807, 2.05) is 30.3 Å². The second-order valence-corrected chi connectivity index (χ2v) is 7.04. The fourth-order valence-corrected chi connectivity index (χ4v) is 4.61. The van der Waals surface area contributed by atoms with Gasteiger partial charge in [0.05, 0.1) is 11.6 Å². The minimum atomic E-state index is 0.0806. The molecule has 4 nitrogen and oxygen atoms in total. The average Bonchev–Trinajstić information content (AvgIpc) is 2.92. The molecule has 0 spiro atoms. The van der Waals surface area contributed by atoms with Gasteiger partial charge in [0, 0.05) is 18.6 Å². The maximum Gasteiger partial charge on any atom is 0.247 e. The highest BCUT2D eigenvalue weighted by molar-refractivity contribution is 5.97. The topological polar surface area (TPSA) is 44.4 Å². The number of nitrogens with zero attached hydrogens (tertiary/aromatic N) is 1. The van der Waals surface area contributed by atoms with Crippen molar-refractivity contribution < 1.29 is 4.79 Å². The van der Waals surface area contributed by atoms with Crippen LogP contribution in [0.15, 0.2) is 30.3 Å². The summed E-state index contributed by atoms with van der Waals surface area (Å²) in [5.74, 6) is 1.71. The van der Waals surface area contributed by atoms with E-state index in [9.17, 15) is 4.79 Å². The van der Waals surface area contributed by atoms with E-state index < -0.39 is 0 Å². The molecule has 0 bridgehead atoms. The highest BCUT2D eigenvalue weighted by Crippen LogP contribution is 2.40. The molecule has 22 heavy (non-hydrogen) atoms. The molecule has 5 atom stereocenters. The van der Waals surface area contributed by atoms with Crippen LogP contribution in [0.2, 0.25) is 0 Å². The van der Waals surface area contributed by atoms with E-state index in [1.165, 1.54) is 25.7 Å². The summed E-state index contributed by atoms with van der Waals surface area (Å²) in [5, 5.41) is 5.44. The van der Waals surface area contributed by atoms with E-state index in [-0.39, 0.29) is 11.8 Å². The van der Waals surface area contributed by atoms with Crippen LogP contribution in [-0.2, 0) is 4.79 Å². The molecule has 1 saturated carbocycles. The Bertz CT molecular complexity index is 547. The number of carbonyl (C=O) groups is 1. The number of hydrogen-bond acceptors (Lipinski definition) is 3. The van der Waals surface area contributed by atoms with Crippen LogP contribution in [-0.4, -0.2) is 24.5 Å². The third-order valence-corrected chi connectivity index (χ3v) is 5.91. The lowest BCUT2D eigenvalue weighted by Crippen LogP contribution is -2.58. The zero-order valence-electron chi connectivity index (χ0n) is 13.2. The molecule has 1 amide bonds. The van der Waals surface area contributed by atoms with Gasteiger partial charge in [-0.2, -0.15) is 0 Å². The number of fused-ring (bicyclic) bond motifs is 3. The van der Waals surface area contributed by atoms with Crippen molar-refractivity contribution >= 4 is 11.6 Å². The SMILES string of the molecule is CCC1CCC2NCC3C(=O)N(c4ccccc4)NC3C2C1. The molecule has 2 N–H and O–H groups in total. The van der Waals surface area contributed by atoms with E-state index in [1.54, 1.807) is 5.01 Å². The molecule has 2 heterocycles. The first-order chi connectivity index (χ1) is 10.8. The first-order valence-electron chi connectivity index (χ1n) is 8.66. The Hall–Kier alpha value is -1.39. The minimum absolute atomic E-state index is 0.0806. The standard InChI is InChI=1S/C18H25N3O/c1-2-12-8-9-16-14(10-12)17-15(11-19-16)18(22)21(20-17)13-6-4-3-5-7-13/h3-7,12,14-17,19-20H,2,8-11H2,1H3. The molecular formula is C18H25N3O. The average molecular weight is 299 g/mol. The Kier molecular flexibility index (Phi) is 3.66. The molecule has 1 aliphatic carbocycles. The maximum absolute atomic E-state index is 12.8. The first-order valence-corrected chi connectivity index (χ1v) is 8.66. The molecule has 1 aromatic carbocycles. The molecule has 5 unspecified atom stereocenters. The Morgan fingerprint density at radius 2 is 2.05 bits per heavy atom. The number of carbonyl (C=O) groups excluding carboxylic acids is 1. The molecule has 0 aromatic heterocycles. The van der Waals surface area contributed by atoms with E-state index in [4.69, 9.17) is 0 Å². The summed E-state index contributed by atoms with van der Waals surface area (Å²) in [5.41, 5.74) is 4.51. The predicted molar refractivity (Wildman–Crippen MR) is 87.3 cm³/mol. The molecule has 3 fully saturated rings. The van der Waals surface area contributed by atoms with Crippen LogP contribution in [0.1, 0.15) is 32.6 Å². The number of hydrazine groups is 1. The normalized spacial score (nSPS) is 37.8. The Morgan fingerprint density at radius 1 is 1.23 bits per heavy atom. The summed E-state index contributed by atoms with van der Waals surface area (Å²) in [6.07, 6.45) is 5.10. The van der Waals surface area contributed by atoms with E-state index in [2.05, 4.69) is 17.7 Å². The van der Waals surface area contributed by atoms with Gasteiger partial charge in [-0.05, 0) is 43.2 Å². The molecule has 3 aliphatic rings. The Morgan fingerprint density at radius 3 is 2.82 bits per heavy atom. The van der Waals surface area contributed by atoms with Gasteiger partial charge in [-0.3, -0.25) is 4.79 Å². The summed E-state index contributed by atoms with van der Waals surface area (Å²) in [7, 11) is 0. The largest absolute Gasteiger partial charge is 0.313 e. The van der Waals surface area contributed by atoms with Gasteiger partial charge in [0.1, 0.15) is 0 Å². The van der Waals surface area contributed by atoms with Gasteiger partial charge in [-0.1, -0.05) is 31.5 Å². The van der Waals surface area contributed by atoms with Crippen LogP contribution in [0.25, 0.3) is 0 Å². The molecule has 0 radical (unpaired) electrons. The van der Waals surface area contributed by atoms with Crippen LogP contribution in [0, 0.1) is 17.8 Å². The summed E-state index contributed by atoms with van der Waals surface area (Å²) in [6.45, 7) is 3.11. The van der Waals surface area contributed by atoms with Gasteiger partial charge in [0.25, 0.3) is 0 Å². The highest BCUT2D eigenvalue weighted by Gasteiger charge is 2.50. The van der Waals surface area contributed by atoms with Crippen molar-refractivity contribution in [1.29, 1.82) is 0 Å². The number of nitrogens with one attached hydrogen (secondary N) is 2. The number of hydrogen-bond donors (Lipinski definition) is 2. The van der Waals surface area contributed by atoms with Crippen molar-refractivity contribution in [1.82, 2.24) is 10.7 Å². The van der Waals surface area contributed by atoms with Crippen molar-refractivity contribution in [3.63, 3.8) is 0 Å². The van der Waals surface area contributed by atoms with Crippen molar-refractivity contribution in [2.24, 2.45) is 17.8 Å². The molecular weight excluding hydrogens is 274 g/mol. The van der Waals surface area contributed by atoms with Crippen molar-refractivity contribution in [2.75, 3.05) is 11.6 Å². The monoisotopic (exact) mass is 299 g/mol. The molecule has 2 saturated heterocycles. The second kappa shape index (κ2) is 5.67. The van der Waals surface area contributed by atoms with Crippen molar-refractivity contribution in [2.45, 2.75) is 44.7 Å². The molecule has 2 aliphatic heterocycles. The van der Waals surface area contributed by atoms with E-state index in [0.29, 0.717) is 18.0 Å². The Balaban J connectivity index is 1.58. The van der Waals surface area contributed by atoms with Crippen LogP contribution in [0.5, 0.6) is 0 Å². The zero-order chi connectivity index (χ0) is 15.1. The summed E-state index contributed by atoms with van der Waals surface area (Å²) in [4.78, 5) is 12.8. The van der Waals surface area contributed by atoms with Crippen LogP contribution in [0.3, 0.4) is 0 Å². The fourth-order valence-electron chi connectivity index (χ4n) is 4.61. The smallest absolute Gasteiger partial charge is 0.247 e. The third-order valence-electron chi connectivity index (χ3n) is 5.91. The van der Waals surface area contributed by atoms with Crippen molar-refractivity contribution in [3.05, 3.63) is 30.3 Å². The van der Waals surface area contributed by atoms with Gasteiger partial charge in [-0.25, -0.2) is 10.4 Å². The quantitative estimate of drug-likeness (QED) is 0.881. The number of piperidine rings is 1. The summed E-state index contributed by atoms with van der Waals surface area (Å²) >= 11 is 0. The van der Waals surface area contributed by atoms with Crippen LogP contribution >= 0.6 is 0 Å². The highest BCUT2D eigenvalue weighted by atomic mass is 16.2. The number of para-hydroxylation sites is 1.